The molecule has 80 heavy (non-hydrogen) atoms. The Bertz CT molecular complexity index is 1650. The third-order valence-electron chi connectivity index (χ3n) is 14.2. The van der Waals surface area contributed by atoms with Crippen molar-refractivity contribution in [1.82, 2.24) is 0 Å². The third kappa shape index (κ3) is 64.6. The van der Waals surface area contributed by atoms with E-state index < -0.39 is 6.10 Å². The molecule has 0 aromatic rings. The normalized spacial score (nSPS) is 12.9. The predicted molar refractivity (Wildman–Crippen MR) is 348 cm³/mol. The van der Waals surface area contributed by atoms with Gasteiger partial charge in [0, 0.05) is 19.3 Å². The van der Waals surface area contributed by atoms with Crippen LogP contribution in [0.1, 0.15) is 310 Å². The molecule has 0 radical (unpaired) electrons. The standard InChI is InChI=1S/C74H124O6/c1-4-7-10-13-16-19-21-23-25-27-29-31-33-35-37-39-41-43-45-47-49-51-53-55-58-61-64-67-73(76)79-70-71(69-78-72(75)66-63-60-57-18-15-12-9-6-3)80-74(77)68-65-62-59-56-54-52-50-48-46-44-42-40-38-36-34-32-30-28-26-24-22-20-17-14-11-8-5-2/h7,10,16,19,22-25,28-31,34-37,41,43,47,49,71H,4-6,8-9,11-15,17-18,20-21,26-27,32-33,38-40,42,44-46,48,50-70H2,1-3H3/b10-7-,19-16-,24-22-,25-23-,30-28-,31-29-,36-34-,37-35-,43-41-,49-47-. The Balaban J connectivity index is 4.23. The highest BCUT2D eigenvalue weighted by Gasteiger charge is 2.19. The van der Waals surface area contributed by atoms with E-state index in [4.69, 9.17) is 14.2 Å². The minimum absolute atomic E-state index is 0.0853. The van der Waals surface area contributed by atoms with Crippen molar-refractivity contribution in [3.8, 4) is 0 Å². The summed E-state index contributed by atoms with van der Waals surface area (Å²) in [5, 5.41) is 0. The second kappa shape index (κ2) is 67.3. The quantitative estimate of drug-likeness (QED) is 0.0261. The highest BCUT2D eigenvalue weighted by atomic mass is 16.6. The van der Waals surface area contributed by atoms with Crippen molar-refractivity contribution < 1.29 is 28.6 Å². The van der Waals surface area contributed by atoms with Gasteiger partial charge in [0.05, 0.1) is 0 Å². The van der Waals surface area contributed by atoms with E-state index in [0.717, 1.165) is 135 Å². The fourth-order valence-electron chi connectivity index (χ4n) is 9.20. The maximum atomic E-state index is 12.9. The van der Waals surface area contributed by atoms with Crippen LogP contribution in [-0.2, 0) is 28.6 Å². The number of carbonyl (C=O) groups excluding carboxylic acids is 3. The van der Waals surface area contributed by atoms with Gasteiger partial charge >= 0.3 is 17.9 Å². The van der Waals surface area contributed by atoms with Gasteiger partial charge in [0.25, 0.3) is 0 Å². The molecular formula is C74H124O6. The molecule has 0 amide bonds. The largest absolute Gasteiger partial charge is 0.462 e. The van der Waals surface area contributed by atoms with E-state index in [0.29, 0.717) is 19.3 Å². The maximum absolute atomic E-state index is 12.9. The zero-order valence-corrected chi connectivity index (χ0v) is 52.3. The SMILES string of the molecule is CC/C=C\C/C=C\C/C=C\C/C=C\C/C=C\C/C=C\C/C=C\CCCCCCCC(=O)OCC(COC(=O)CCCCCCCCCC)OC(=O)CCCCCCCCCCCCCC/C=C\C/C=C\C/C=C\CCCCCCC. The molecule has 0 aliphatic rings. The summed E-state index contributed by atoms with van der Waals surface area (Å²) in [6.45, 7) is 6.48. The fraction of sp³-hybridized carbons (Fsp3) is 0.689. The van der Waals surface area contributed by atoms with Gasteiger partial charge in [-0.2, -0.15) is 0 Å². The van der Waals surface area contributed by atoms with Crippen molar-refractivity contribution >= 4 is 17.9 Å². The Morgan fingerprint density at radius 2 is 0.487 bits per heavy atom. The van der Waals surface area contributed by atoms with Crippen LogP contribution in [0.15, 0.2) is 122 Å². The van der Waals surface area contributed by atoms with Gasteiger partial charge < -0.3 is 14.2 Å². The lowest BCUT2D eigenvalue weighted by Gasteiger charge is -2.18. The summed E-state index contributed by atoms with van der Waals surface area (Å²) >= 11 is 0. The van der Waals surface area contributed by atoms with Crippen molar-refractivity contribution in [2.45, 2.75) is 316 Å². The van der Waals surface area contributed by atoms with Crippen molar-refractivity contribution in [1.29, 1.82) is 0 Å². The molecule has 0 saturated heterocycles. The van der Waals surface area contributed by atoms with E-state index in [1.165, 1.54) is 135 Å². The minimum Gasteiger partial charge on any atom is -0.462 e. The zero-order valence-electron chi connectivity index (χ0n) is 52.3. The number of hydrogen-bond acceptors (Lipinski definition) is 6. The summed E-state index contributed by atoms with van der Waals surface area (Å²) in [7, 11) is 0. The van der Waals surface area contributed by atoms with Crippen molar-refractivity contribution in [3.05, 3.63) is 122 Å². The van der Waals surface area contributed by atoms with E-state index in [1.54, 1.807) is 0 Å². The summed E-state index contributed by atoms with van der Waals surface area (Å²) in [4.78, 5) is 38.2. The summed E-state index contributed by atoms with van der Waals surface area (Å²) < 4.78 is 16.9. The number of ether oxygens (including phenoxy) is 3. The van der Waals surface area contributed by atoms with E-state index in [1.807, 2.05) is 0 Å². The fourth-order valence-corrected chi connectivity index (χ4v) is 9.20. The summed E-state index contributed by atoms with van der Waals surface area (Å²) in [6, 6.07) is 0. The Morgan fingerprint density at radius 3 is 0.762 bits per heavy atom. The first-order valence-corrected chi connectivity index (χ1v) is 33.5. The van der Waals surface area contributed by atoms with Crippen molar-refractivity contribution in [2.24, 2.45) is 0 Å². The van der Waals surface area contributed by atoms with Gasteiger partial charge in [-0.15, -0.1) is 0 Å². The Labute approximate surface area is 494 Å². The van der Waals surface area contributed by atoms with E-state index in [2.05, 4.69) is 142 Å². The van der Waals surface area contributed by atoms with Crippen LogP contribution in [-0.4, -0.2) is 37.2 Å². The molecule has 1 unspecified atom stereocenters. The molecule has 0 N–H and O–H groups in total. The van der Waals surface area contributed by atoms with E-state index >= 15 is 0 Å². The first-order chi connectivity index (χ1) is 39.5. The van der Waals surface area contributed by atoms with Gasteiger partial charge in [0.15, 0.2) is 6.10 Å². The van der Waals surface area contributed by atoms with Crippen LogP contribution in [0.5, 0.6) is 0 Å². The van der Waals surface area contributed by atoms with E-state index in [-0.39, 0.29) is 31.1 Å². The molecule has 0 saturated carbocycles. The van der Waals surface area contributed by atoms with Gasteiger partial charge in [-0.1, -0.05) is 296 Å². The van der Waals surface area contributed by atoms with Gasteiger partial charge in [-0.3, -0.25) is 14.4 Å². The van der Waals surface area contributed by atoms with Gasteiger partial charge in [0.1, 0.15) is 13.2 Å². The van der Waals surface area contributed by atoms with Crippen molar-refractivity contribution in [3.63, 3.8) is 0 Å². The van der Waals surface area contributed by atoms with Gasteiger partial charge in [-0.05, 0) is 116 Å². The lowest BCUT2D eigenvalue weighted by atomic mass is 10.0. The Kier molecular flexibility index (Phi) is 63.8. The van der Waals surface area contributed by atoms with Crippen LogP contribution < -0.4 is 0 Å². The van der Waals surface area contributed by atoms with Gasteiger partial charge in [-0.25, -0.2) is 0 Å². The lowest BCUT2D eigenvalue weighted by Crippen LogP contribution is -2.30. The molecule has 0 fully saturated rings. The average Bonchev–Trinajstić information content (AvgIpc) is 3.46. The van der Waals surface area contributed by atoms with Gasteiger partial charge in [0.2, 0.25) is 0 Å². The van der Waals surface area contributed by atoms with Crippen LogP contribution in [0.25, 0.3) is 0 Å². The van der Waals surface area contributed by atoms with Crippen molar-refractivity contribution in [2.75, 3.05) is 13.2 Å². The minimum atomic E-state index is -0.789. The number of allylic oxidation sites excluding steroid dienone is 20. The third-order valence-corrected chi connectivity index (χ3v) is 14.2. The highest BCUT2D eigenvalue weighted by Crippen LogP contribution is 2.16. The second-order valence-electron chi connectivity index (χ2n) is 22.0. The molecular weight excluding hydrogens is 985 g/mol. The van der Waals surface area contributed by atoms with Crippen LogP contribution >= 0.6 is 0 Å². The summed E-state index contributed by atoms with van der Waals surface area (Å²) in [5.41, 5.74) is 0. The highest BCUT2D eigenvalue weighted by molar-refractivity contribution is 5.71. The lowest BCUT2D eigenvalue weighted by molar-refractivity contribution is -0.167. The Hall–Kier alpha value is -4.19. The first-order valence-electron chi connectivity index (χ1n) is 33.5. The molecule has 1 atom stereocenters. The smallest absolute Gasteiger partial charge is 0.306 e. The molecule has 0 aromatic carbocycles. The monoisotopic (exact) mass is 1110 g/mol. The summed E-state index contributed by atoms with van der Waals surface area (Å²) in [5.74, 6) is -0.906. The first kappa shape index (κ1) is 75.8. The predicted octanol–water partition coefficient (Wildman–Crippen LogP) is 23.2. The molecule has 0 aromatic heterocycles. The summed E-state index contributed by atoms with van der Waals surface area (Å²) in [6.07, 6.45) is 93.7. The Morgan fingerprint density at radius 1 is 0.263 bits per heavy atom. The zero-order chi connectivity index (χ0) is 57.8. The molecule has 0 bridgehead atoms. The number of unbranched alkanes of at least 4 members (excludes halogenated alkanes) is 29. The van der Waals surface area contributed by atoms with Crippen LogP contribution in [0, 0.1) is 0 Å². The van der Waals surface area contributed by atoms with Crippen LogP contribution in [0.3, 0.4) is 0 Å². The second-order valence-corrected chi connectivity index (χ2v) is 22.0. The molecule has 0 heterocycles. The number of esters is 3. The molecule has 0 rings (SSSR count). The maximum Gasteiger partial charge on any atom is 0.306 e. The molecule has 6 nitrogen and oxygen atoms in total. The molecule has 456 valence electrons. The number of carbonyl (C=O) groups is 3. The number of rotatable bonds is 60. The molecule has 6 heteroatoms. The van der Waals surface area contributed by atoms with Crippen LogP contribution in [0.4, 0.5) is 0 Å². The van der Waals surface area contributed by atoms with Crippen LogP contribution in [0.2, 0.25) is 0 Å². The topological polar surface area (TPSA) is 78.9 Å². The average molecular weight is 1110 g/mol. The molecule has 0 aliphatic heterocycles. The molecule has 0 spiro atoms. The van der Waals surface area contributed by atoms with E-state index in [9.17, 15) is 14.4 Å². The molecule has 0 aliphatic carbocycles. The number of hydrogen-bond donors (Lipinski definition) is 0.